The van der Waals surface area contributed by atoms with Crippen LogP contribution < -0.4 is 5.73 Å². The third-order valence-corrected chi connectivity index (χ3v) is 3.34. The molecule has 1 aromatic heterocycles. The Balaban J connectivity index is 2.47. The number of aliphatic carboxylic acids is 1. The van der Waals surface area contributed by atoms with E-state index >= 15 is 0 Å². The minimum Gasteiger partial charge on any atom is -0.481 e. The lowest BCUT2D eigenvalue weighted by Gasteiger charge is -2.27. The van der Waals surface area contributed by atoms with E-state index in [1.807, 2.05) is 25.1 Å². The van der Waals surface area contributed by atoms with Crippen molar-refractivity contribution in [3.8, 4) is 0 Å². The molecule has 0 bridgehead atoms. The van der Waals surface area contributed by atoms with Gasteiger partial charge in [-0.25, -0.2) is 0 Å². The van der Waals surface area contributed by atoms with Gasteiger partial charge in [-0.05, 0) is 17.7 Å². The Bertz CT molecular complexity index is 625. The second-order valence-corrected chi connectivity index (χ2v) is 4.83. The molecule has 106 valence electrons. The summed E-state index contributed by atoms with van der Waals surface area (Å²) in [5.74, 6) is -0.625. The predicted molar refractivity (Wildman–Crippen MR) is 72.0 cm³/mol. The normalized spacial score (nSPS) is 13.9. The number of hydrogen-bond donors (Lipinski definition) is 2. The van der Waals surface area contributed by atoms with Gasteiger partial charge in [0.05, 0.1) is 7.05 Å². The van der Waals surface area contributed by atoms with Crippen LogP contribution in [0, 0.1) is 6.92 Å². The number of carbonyl (C=O) groups is 1. The Hall–Kier alpha value is -2.28. The van der Waals surface area contributed by atoms with Crippen molar-refractivity contribution in [3.63, 3.8) is 0 Å². The summed E-state index contributed by atoms with van der Waals surface area (Å²) >= 11 is 0. The zero-order valence-corrected chi connectivity index (χ0v) is 11.4. The summed E-state index contributed by atoms with van der Waals surface area (Å²) in [5.41, 5.74) is 6.17. The van der Waals surface area contributed by atoms with Gasteiger partial charge in [0.25, 0.3) is 0 Å². The lowest BCUT2D eigenvalue weighted by Crippen LogP contribution is -2.45. The molecule has 2 rings (SSSR count). The first-order chi connectivity index (χ1) is 9.48. The molecule has 1 unspecified atom stereocenters. The maximum atomic E-state index is 11.8. The van der Waals surface area contributed by atoms with E-state index in [-0.39, 0.29) is 13.0 Å². The molecule has 0 spiro atoms. The van der Waals surface area contributed by atoms with Gasteiger partial charge in [-0.1, -0.05) is 29.8 Å². The maximum Gasteiger partial charge on any atom is 0.315 e. The fraction of sp³-hybridized carbons (Fsp3) is 0.385. The summed E-state index contributed by atoms with van der Waals surface area (Å²) in [4.78, 5) is 13.1. The van der Waals surface area contributed by atoms with Gasteiger partial charge < -0.3 is 10.8 Å². The van der Waals surface area contributed by atoms with E-state index in [9.17, 15) is 9.90 Å². The molecule has 0 saturated heterocycles. The monoisotopic (exact) mass is 275 g/mol. The Morgan fingerprint density at radius 3 is 2.75 bits per heavy atom. The number of rotatable bonds is 5. The molecule has 1 atom stereocenters. The lowest BCUT2D eigenvalue weighted by molar-refractivity contribution is -0.143. The van der Waals surface area contributed by atoms with E-state index in [0.29, 0.717) is 11.4 Å². The molecule has 0 aliphatic rings. The molecule has 0 aliphatic carbocycles. The summed E-state index contributed by atoms with van der Waals surface area (Å²) in [5, 5.41) is 21.3. The van der Waals surface area contributed by atoms with Crippen LogP contribution in [-0.4, -0.2) is 37.8 Å². The number of hydrogen-bond acceptors (Lipinski definition) is 5. The van der Waals surface area contributed by atoms with Crippen LogP contribution in [0.15, 0.2) is 24.3 Å². The number of carboxylic acid groups (broad SMARTS) is 1. The standard InChI is InChI=1S/C13H17N5O2/c1-9-4-3-5-10(6-9)13(8-14,12(19)20)7-11-15-17-18(2)16-11/h3-6H,7-8,14H2,1-2H3,(H,19,20). The van der Waals surface area contributed by atoms with E-state index in [4.69, 9.17) is 5.73 Å². The summed E-state index contributed by atoms with van der Waals surface area (Å²) in [6.45, 7) is 1.87. The van der Waals surface area contributed by atoms with Crippen molar-refractivity contribution in [2.24, 2.45) is 12.8 Å². The van der Waals surface area contributed by atoms with Gasteiger partial charge in [-0.2, -0.15) is 4.80 Å². The van der Waals surface area contributed by atoms with Crippen LogP contribution in [0.3, 0.4) is 0 Å². The third-order valence-electron chi connectivity index (χ3n) is 3.34. The second kappa shape index (κ2) is 5.38. The second-order valence-electron chi connectivity index (χ2n) is 4.83. The van der Waals surface area contributed by atoms with Crippen LogP contribution in [0.5, 0.6) is 0 Å². The van der Waals surface area contributed by atoms with Gasteiger partial charge in [0.1, 0.15) is 5.41 Å². The first kappa shape index (κ1) is 14.1. The van der Waals surface area contributed by atoms with Crippen LogP contribution >= 0.6 is 0 Å². The number of tetrazole rings is 1. The zero-order valence-electron chi connectivity index (χ0n) is 11.4. The molecule has 7 heteroatoms. The van der Waals surface area contributed by atoms with Gasteiger partial charge in [0.2, 0.25) is 0 Å². The molecule has 2 aromatic rings. The van der Waals surface area contributed by atoms with E-state index in [1.54, 1.807) is 13.1 Å². The van der Waals surface area contributed by atoms with Crippen molar-refractivity contribution in [1.29, 1.82) is 0 Å². The number of nitrogens with zero attached hydrogens (tertiary/aromatic N) is 4. The van der Waals surface area contributed by atoms with E-state index < -0.39 is 11.4 Å². The van der Waals surface area contributed by atoms with Gasteiger partial charge in [-0.15, -0.1) is 10.2 Å². The molecule has 1 aromatic carbocycles. The lowest BCUT2D eigenvalue weighted by atomic mass is 9.77. The van der Waals surface area contributed by atoms with Crippen LogP contribution in [0.2, 0.25) is 0 Å². The van der Waals surface area contributed by atoms with Crippen molar-refractivity contribution < 1.29 is 9.90 Å². The fourth-order valence-corrected chi connectivity index (χ4v) is 2.19. The Morgan fingerprint density at radius 1 is 1.50 bits per heavy atom. The maximum absolute atomic E-state index is 11.8. The summed E-state index contributed by atoms with van der Waals surface area (Å²) < 4.78 is 0. The molecule has 0 aliphatic heterocycles. The fourth-order valence-electron chi connectivity index (χ4n) is 2.19. The number of benzene rings is 1. The molecular weight excluding hydrogens is 258 g/mol. The van der Waals surface area contributed by atoms with Gasteiger partial charge >= 0.3 is 5.97 Å². The Morgan fingerprint density at radius 2 is 2.25 bits per heavy atom. The molecule has 20 heavy (non-hydrogen) atoms. The summed E-state index contributed by atoms with van der Waals surface area (Å²) in [6, 6.07) is 7.33. The van der Waals surface area contributed by atoms with E-state index in [0.717, 1.165) is 5.56 Å². The highest BCUT2D eigenvalue weighted by molar-refractivity contribution is 5.82. The minimum absolute atomic E-state index is 0.0377. The highest BCUT2D eigenvalue weighted by atomic mass is 16.4. The third kappa shape index (κ3) is 2.53. The predicted octanol–water partition coefficient (Wildman–Crippen LogP) is 0.0423. The van der Waals surface area contributed by atoms with Crippen LogP contribution in [0.4, 0.5) is 0 Å². The molecule has 0 fully saturated rings. The zero-order chi connectivity index (χ0) is 14.8. The van der Waals surface area contributed by atoms with Gasteiger partial charge in [0.15, 0.2) is 5.82 Å². The van der Waals surface area contributed by atoms with Crippen molar-refractivity contribution >= 4 is 5.97 Å². The van der Waals surface area contributed by atoms with Crippen LogP contribution in [0.1, 0.15) is 17.0 Å². The number of aryl methyl sites for hydroxylation is 2. The Labute approximate surface area is 116 Å². The Kier molecular flexibility index (Phi) is 3.80. The van der Waals surface area contributed by atoms with E-state index in [2.05, 4.69) is 15.4 Å². The number of nitrogens with two attached hydrogens (primary N) is 1. The van der Waals surface area contributed by atoms with Crippen LogP contribution in [-0.2, 0) is 23.7 Å². The molecule has 7 nitrogen and oxygen atoms in total. The van der Waals surface area contributed by atoms with Crippen LogP contribution in [0.25, 0.3) is 0 Å². The van der Waals surface area contributed by atoms with Gasteiger partial charge in [-0.3, -0.25) is 4.79 Å². The first-order valence-corrected chi connectivity index (χ1v) is 6.21. The molecule has 0 radical (unpaired) electrons. The SMILES string of the molecule is Cc1cccc(C(CN)(Cc2nnn(C)n2)C(=O)O)c1. The molecule has 0 saturated carbocycles. The summed E-state index contributed by atoms with van der Waals surface area (Å²) in [6.07, 6.45) is 0.107. The van der Waals surface area contributed by atoms with Gasteiger partial charge in [0, 0.05) is 13.0 Å². The summed E-state index contributed by atoms with van der Waals surface area (Å²) in [7, 11) is 1.63. The molecule has 3 N–H and O–H groups in total. The average Bonchev–Trinajstić information content (AvgIpc) is 2.81. The van der Waals surface area contributed by atoms with E-state index in [1.165, 1.54) is 4.80 Å². The number of aromatic nitrogens is 4. The topological polar surface area (TPSA) is 107 Å². The molecular formula is C13H17N5O2. The van der Waals surface area contributed by atoms with Crippen molar-refractivity contribution in [3.05, 3.63) is 41.2 Å². The molecule has 0 amide bonds. The highest BCUT2D eigenvalue weighted by Gasteiger charge is 2.40. The minimum atomic E-state index is -1.24. The van der Waals surface area contributed by atoms with Crippen molar-refractivity contribution in [2.45, 2.75) is 18.8 Å². The highest BCUT2D eigenvalue weighted by Crippen LogP contribution is 2.28. The number of carboxylic acids is 1. The average molecular weight is 275 g/mol. The smallest absolute Gasteiger partial charge is 0.315 e. The van der Waals surface area contributed by atoms with Crippen molar-refractivity contribution in [2.75, 3.05) is 6.54 Å². The first-order valence-electron chi connectivity index (χ1n) is 6.21. The molecule has 1 heterocycles. The quantitative estimate of drug-likeness (QED) is 0.798. The van der Waals surface area contributed by atoms with Crippen molar-refractivity contribution in [1.82, 2.24) is 20.2 Å². The largest absolute Gasteiger partial charge is 0.481 e.